The Balaban J connectivity index is 2.38. The lowest BCUT2D eigenvalue weighted by Crippen LogP contribution is -2.22. The van der Waals surface area contributed by atoms with Gasteiger partial charge in [-0.25, -0.2) is 4.39 Å². The Morgan fingerprint density at radius 3 is 2.19 bits per heavy atom. The Hall–Kier alpha value is -1.38. The van der Waals surface area contributed by atoms with E-state index in [9.17, 15) is 4.39 Å². The predicted octanol–water partition coefficient (Wildman–Crippen LogP) is 5.30. The summed E-state index contributed by atoms with van der Waals surface area (Å²) >= 11 is 6.21. The van der Waals surface area contributed by atoms with Gasteiger partial charge in [-0.15, -0.1) is 0 Å². The second-order valence-corrected chi connectivity index (χ2v) is 5.89. The molecule has 1 unspecified atom stereocenters. The lowest BCUT2D eigenvalue weighted by molar-refractivity contribution is 0.613. The maximum Gasteiger partial charge on any atom is 0.124 e. The van der Waals surface area contributed by atoms with Gasteiger partial charge in [0.1, 0.15) is 5.82 Å². The molecule has 1 nitrogen and oxygen atoms in total. The molecule has 2 rings (SSSR count). The van der Waals surface area contributed by atoms with Crippen LogP contribution in [0.1, 0.15) is 49.4 Å². The number of rotatable bonds is 5. The molecule has 0 saturated heterocycles. The standard InChI is InChI=1S/C18H21ClFN/c1-4-21-18(16-10-9-15(20)11-17(16)19)14-7-5-13(6-8-14)12(2)3/h5-12,18,21H,4H2,1-3H3. The van der Waals surface area contributed by atoms with Crippen LogP contribution in [0.5, 0.6) is 0 Å². The van der Waals surface area contributed by atoms with E-state index in [1.54, 1.807) is 6.07 Å². The highest BCUT2D eigenvalue weighted by Crippen LogP contribution is 2.29. The van der Waals surface area contributed by atoms with Crippen LogP contribution in [0.15, 0.2) is 42.5 Å². The highest BCUT2D eigenvalue weighted by atomic mass is 35.5. The van der Waals surface area contributed by atoms with Crippen molar-refractivity contribution in [2.75, 3.05) is 6.54 Å². The van der Waals surface area contributed by atoms with Gasteiger partial charge in [-0.2, -0.15) is 0 Å². The van der Waals surface area contributed by atoms with Crippen molar-refractivity contribution < 1.29 is 4.39 Å². The number of halogens is 2. The molecule has 1 atom stereocenters. The van der Waals surface area contributed by atoms with E-state index >= 15 is 0 Å². The first kappa shape index (κ1) is 16.0. The monoisotopic (exact) mass is 305 g/mol. The average molecular weight is 306 g/mol. The fourth-order valence-corrected chi connectivity index (χ4v) is 2.70. The van der Waals surface area contributed by atoms with Gasteiger partial charge in [0, 0.05) is 5.02 Å². The molecule has 0 aliphatic rings. The van der Waals surface area contributed by atoms with Crippen LogP contribution in [0.4, 0.5) is 4.39 Å². The maximum atomic E-state index is 13.2. The van der Waals surface area contributed by atoms with E-state index < -0.39 is 0 Å². The van der Waals surface area contributed by atoms with Crippen molar-refractivity contribution in [2.24, 2.45) is 0 Å². The van der Waals surface area contributed by atoms with E-state index in [0.29, 0.717) is 10.9 Å². The van der Waals surface area contributed by atoms with Gasteiger partial charge in [0.05, 0.1) is 6.04 Å². The molecule has 0 aliphatic carbocycles. The number of hydrogen-bond donors (Lipinski definition) is 1. The fourth-order valence-electron chi connectivity index (χ4n) is 2.42. The third-order valence-electron chi connectivity index (χ3n) is 3.62. The molecule has 0 heterocycles. The Morgan fingerprint density at radius 2 is 1.67 bits per heavy atom. The summed E-state index contributed by atoms with van der Waals surface area (Å²) in [5.41, 5.74) is 3.34. The van der Waals surface area contributed by atoms with Gasteiger partial charge in [0.2, 0.25) is 0 Å². The smallest absolute Gasteiger partial charge is 0.124 e. The average Bonchev–Trinajstić information content (AvgIpc) is 2.46. The Morgan fingerprint density at radius 1 is 1.05 bits per heavy atom. The minimum Gasteiger partial charge on any atom is -0.306 e. The van der Waals surface area contributed by atoms with Crippen LogP contribution >= 0.6 is 11.6 Å². The maximum absolute atomic E-state index is 13.2. The molecule has 0 saturated carbocycles. The molecule has 0 spiro atoms. The molecule has 2 aromatic carbocycles. The van der Waals surface area contributed by atoms with Crippen molar-refractivity contribution in [3.63, 3.8) is 0 Å². The van der Waals surface area contributed by atoms with Crippen LogP contribution in [0.3, 0.4) is 0 Å². The van der Waals surface area contributed by atoms with Gasteiger partial charge in [0.25, 0.3) is 0 Å². The highest BCUT2D eigenvalue weighted by Gasteiger charge is 2.16. The summed E-state index contributed by atoms with van der Waals surface area (Å²) in [4.78, 5) is 0. The zero-order valence-electron chi connectivity index (χ0n) is 12.7. The molecule has 0 aliphatic heterocycles. The van der Waals surface area contributed by atoms with Crippen molar-refractivity contribution >= 4 is 11.6 Å². The molecule has 21 heavy (non-hydrogen) atoms. The first-order valence-electron chi connectivity index (χ1n) is 7.31. The van der Waals surface area contributed by atoms with Crippen molar-refractivity contribution in [3.05, 3.63) is 70.0 Å². The van der Waals surface area contributed by atoms with Crippen molar-refractivity contribution in [1.82, 2.24) is 5.32 Å². The highest BCUT2D eigenvalue weighted by molar-refractivity contribution is 6.31. The third-order valence-corrected chi connectivity index (χ3v) is 3.95. The topological polar surface area (TPSA) is 12.0 Å². The van der Waals surface area contributed by atoms with E-state index in [-0.39, 0.29) is 11.9 Å². The minimum absolute atomic E-state index is 0.0238. The van der Waals surface area contributed by atoms with Gasteiger partial charge in [-0.3, -0.25) is 0 Å². The molecule has 112 valence electrons. The summed E-state index contributed by atoms with van der Waals surface area (Å²) < 4.78 is 13.2. The fraction of sp³-hybridized carbons (Fsp3) is 0.333. The predicted molar refractivity (Wildman–Crippen MR) is 87.5 cm³/mol. The lowest BCUT2D eigenvalue weighted by Gasteiger charge is -2.21. The third kappa shape index (κ3) is 3.84. The van der Waals surface area contributed by atoms with E-state index in [2.05, 4.69) is 43.4 Å². The van der Waals surface area contributed by atoms with E-state index in [1.165, 1.54) is 17.7 Å². The molecule has 2 aromatic rings. The van der Waals surface area contributed by atoms with Crippen molar-refractivity contribution in [3.8, 4) is 0 Å². The summed E-state index contributed by atoms with van der Waals surface area (Å²) in [5, 5.41) is 3.87. The van der Waals surface area contributed by atoms with Gasteiger partial charge in [-0.05, 0) is 41.3 Å². The van der Waals surface area contributed by atoms with Crippen molar-refractivity contribution in [2.45, 2.75) is 32.7 Å². The zero-order chi connectivity index (χ0) is 15.4. The van der Waals surface area contributed by atoms with Crippen LogP contribution < -0.4 is 5.32 Å². The van der Waals surface area contributed by atoms with Gasteiger partial charge < -0.3 is 5.32 Å². The largest absolute Gasteiger partial charge is 0.306 e. The minimum atomic E-state index is -0.311. The molecule has 0 fully saturated rings. The molecule has 0 bridgehead atoms. The van der Waals surface area contributed by atoms with Crippen LogP contribution in [-0.2, 0) is 0 Å². The molecular formula is C18H21ClFN. The molecule has 0 amide bonds. The van der Waals surface area contributed by atoms with Gasteiger partial charge >= 0.3 is 0 Å². The Kier molecular flexibility index (Phi) is 5.38. The number of hydrogen-bond acceptors (Lipinski definition) is 1. The van der Waals surface area contributed by atoms with Crippen LogP contribution in [0.25, 0.3) is 0 Å². The normalized spacial score (nSPS) is 12.7. The quantitative estimate of drug-likeness (QED) is 0.790. The van der Waals surface area contributed by atoms with E-state index in [1.807, 2.05) is 6.92 Å². The van der Waals surface area contributed by atoms with Gasteiger partial charge in [0.15, 0.2) is 0 Å². The second kappa shape index (κ2) is 7.06. The number of benzene rings is 2. The Bertz CT molecular complexity index is 593. The summed E-state index contributed by atoms with van der Waals surface area (Å²) in [6.45, 7) is 7.21. The van der Waals surface area contributed by atoms with E-state index in [4.69, 9.17) is 11.6 Å². The zero-order valence-corrected chi connectivity index (χ0v) is 13.4. The summed E-state index contributed by atoms with van der Waals surface area (Å²) in [7, 11) is 0. The first-order chi connectivity index (χ1) is 10.0. The van der Waals surface area contributed by atoms with Crippen LogP contribution in [-0.4, -0.2) is 6.54 Å². The molecule has 1 N–H and O–H groups in total. The van der Waals surface area contributed by atoms with Crippen molar-refractivity contribution in [1.29, 1.82) is 0 Å². The first-order valence-corrected chi connectivity index (χ1v) is 7.69. The van der Waals surface area contributed by atoms with E-state index in [0.717, 1.165) is 17.7 Å². The lowest BCUT2D eigenvalue weighted by atomic mass is 9.95. The SMILES string of the molecule is CCNC(c1ccc(C(C)C)cc1)c1ccc(F)cc1Cl. The van der Waals surface area contributed by atoms with Crippen LogP contribution in [0, 0.1) is 5.82 Å². The molecule has 0 radical (unpaired) electrons. The summed E-state index contributed by atoms with van der Waals surface area (Å²) in [6.07, 6.45) is 0. The molecular weight excluding hydrogens is 285 g/mol. The van der Waals surface area contributed by atoms with Gasteiger partial charge in [-0.1, -0.05) is 62.7 Å². The summed E-state index contributed by atoms with van der Waals surface area (Å²) in [5.74, 6) is 0.195. The number of nitrogens with one attached hydrogen (secondary N) is 1. The van der Waals surface area contributed by atoms with Crippen LogP contribution in [0.2, 0.25) is 5.02 Å². The second-order valence-electron chi connectivity index (χ2n) is 5.48. The Labute approximate surface area is 131 Å². The molecule has 0 aromatic heterocycles. The summed E-state index contributed by atoms with van der Waals surface area (Å²) in [6, 6.07) is 13.1. The molecule has 3 heteroatoms.